The number of carbonyl (C=O) groups excluding carboxylic acids is 2. The molecular weight excluding hydrogens is 424 g/mol. The van der Waals surface area contributed by atoms with Crippen LogP contribution in [0, 0.1) is 6.92 Å². The number of para-hydroxylation sites is 1. The Morgan fingerprint density at radius 3 is 2.33 bits per heavy atom. The van der Waals surface area contributed by atoms with Gasteiger partial charge >= 0.3 is 5.97 Å². The number of ketones is 1. The predicted octanol–water partition coefficient (Wildman–Crippen LogP) is 4.86. The first-order chi connectivity index (χ1) is 15.9. The minimum absolute atomic E-state index is 0.137. The van der Waals surface area contributed by atoms with Crippen molar-refractivity contribution in [1.29, 1.82) is 0 Å². The lowest BCUT2D eigenvalue weighted by atomic mass is 10.0. The second-order valence-corrected chi connectivity index (χ2v) is 7.25. The molecule has 0 aliphatic carbocycles. The van der Waals surface area contributed by atoms with Crippen molar-refractivity contribution in [2.24, 2.45) is 0 Å². The van der Waals surface area contributed by atoms with Gasteiger partial charge in [-0.3, -0.25) is 4.79 Å². The Morgan fingerprint density at radius 1 is 0.909 bits per heavy atom. The summed E-state index contributed by atoms with van der Waals surface area (Å²) >= 11 is 0. The summed E-state index contributed by atoms with van der Waals surface area (Å²) in [7, 11) is 4.62. The van der Waals surface area contributed by atoms with Crippen LogP contribution in [-0.2, 0) is 0 Å². The van der Waals surface area contributed by atoms with E-state index in [0.29, 0.717) is 45.3 Å². The highest BCUT2D eigenvalue weighted by molar-refractivity contribution is 6.15. The van der Waals surface area contributed by atoms with Crippen molar-refractivity contribution in [3.63, 3.8) is 0 Å². The Bertz CT molecular complexity index is 1260. The Morgan fingerprint density at radius 2 is 1.67 bits per heavy atom. The molecule has 0 spiro atoms. The first kappa shape index (κ1) is 22.0. The number of allylic oxidation sites excluding steroid dienone is 1. The van der Waals surface area contributed by atoms with E-state index in [1.54, 1.807) is 75.8 Å². The Hall–Kier alpha value is -4.26. The van der Waals surface area contributed by atoms with Crippen molar-refractivity contribution >= 4 is 17.8 Å². The summed E-state index contributed by atoms with van der Waals surface area (Å²) < 4.78 is 27.2. The summed E-state index contributed by atoms with van der Waals surface area (Å²) in [6.07, 6.45) is 1.60. The van der Waals surface area contributed by atoms with Gasteiger partial charge in [0.25, 0.3) is 0 Å². The molecule has 3 aromatic rings. The SMILES string of the molecule is COc1ccc(C(=O)Oc2cc(C)c3c(c2)O/C(=C\c2cccc(OC)c2OC)C3=O)cc1. The second-order valence-electron chi connectivity index (χ2n) is 7.25. The summed E-state index contributed by atoms with van der Waals surface area (Å²) in [5.74, 6) is 1.62. The third-order valence-corrected chi connectivity index (χ3v) is 5.20. The van der Waals surface area contributed by atoms with Crippen molar-refractivity contribution in [3.05, 3.63) is 82.6 Å². The van der Waals surface area contributed by atoms with Gasteiger partial charge in [0.1, 0.15) is 17.2 Å². The van der Waals surface area contributed by atoms with Crippen LogP contribution < -0.4 is 23.7 Å². The van der Waals surface area contributed by atoms with Crippen LogP contribution in [0.3, 0.4) is 0 Å². The molecule has 7 nitrogen and oxygen atoms in total. The first-order valence-corrected chi connectivity index (χ1v) is 10.1. The number of ether oxygens (including phenoxy) is 5. The third-order valence-electron chi connectivity index (χ3n) is 5.20. The molecule has 0 bridgehead atoms. The van der Waals surface area contributed by atoms with Gasteiger partial charge in [-0.15, -0.1) is 0 Å². The smallest absolute Gasteiger partial charge is 0.343 e. The van der Waals surface area contributed by atoms with E-state index in [0.717, 1.165) is 0 Å². The van der Waals surface area contributed by atoms with Crippen LogP contribution in [0.1, 0.15) is 31.8 Å². The average Bonchev–Trinajstić information content (AvgIpc) is 3.14. The molecule has 0 radical (unpaired) electrons. The quantitative estimate of drug-likeness (QED) is 0.304. The van der Waals surface area contributed by atoms with Crippen LogP contribution in [0.2, 0.25) is 0 Å². The van der Waals surface area contributed by atoms with Gasteiger partial charge in [0, 0.05) is 11.6 Å². The van der Waals surface area contributed by atoms with Crippen LogP contribution >= 0.6 is 0 Å². The molecule has 0 N–H and O–H groups in total. The molecule has 0 amide bonds. The first-order valence-electron chi connectivity index (χ1n) is 10.1. The molecule has 33 heavy (non-hydrogen) atoms. The number of Topliss-reactive ketones (excluding diaryl/α,β-unsaturated/α-hetero) is 1. The number of benzene rings is 3. The molecule has 0 atom stereocenters. The van der Waals surface area contributed by atoms with Crippen LogP contribution in [0.15, 0.2) is 60.4 Å². The fourth-order valence-corrected chi connectivity index (χ4v) is 3.60. The molecule has 0 unspecified atom stereocenters. The largest absolute Gasteiger partial charge is 0.497 e. The molecular formula is C26H22O7. The molecule has 0 saturated heterocycles. The fraction of sp³-hybridized carbons (Fsp3) is 0.154. The summed E-state index contributed by atoms with van der Waals surface area (Å²) in [4.78, 5) is 25.5. The van der Waals surface area contributed by atoms with Crippen LogP contribution in [-0.4, -0.2) is 33.1 Å². The maximum absolute atomic E-state index is 13.0. The maximum Gasteiger partial charge on any atom is 0.343 e. The lowest BCUT2D eigenvalue weighted by molar-refractivity contribution is 0.0734. The highest BCUT2D eigenvalue weighted by Gasteiger charge is 2.31. The van der Waals surface area contributed by atoms with Crippen molar-refractivity contribution in [3.8, 4) is 28.7 Å². The summed E-state index contributed by atoms with van der Waals surface area (Å²) in [6, 6.07) is 15.1. The molecule has 0 saturated carbocycles. The summed E-state index contributed by atoms with van der Waals surface area (Å²) in [6.45, 7) is 1.76. The van der Waals surface area contributed by atoms with E-state index in [9.17, 15) is 9.59 Å². The van der Waals surface area contributed by atoms with Crippen molar-refractivity contribution in [2.75, 3.05) is 21.3 Å². The number of aryl methyl sites for hydroxylation is 1. The lowest BCUT2D eigenvalue weighted by Gasteiger charge is -2.10. The molecule has 7 heteroatoms. The zero-order valence-electron chi connectivity index (χ0n) is 18.6. The van der Waals surface area contributed by atoms with E-state index in [1.165, 1.54) is 13.2 Å². The van der Waals surface area contributed by atoms with Gasteiger partial charge in [-0.1, -0.05) is 12.1 Å². The number of hydrogen-bond donors (Lipinski definition) is 0. The lowest BCUT2D eigenvalue weighted by Crippen LogP contribution is -2.08. The second kappa shape index (κ2) is 9.08. The summed E-state index contributed by atoms with van der Waals surface area (Å²) in [5, 5.41) is 0. The molecule has 1 aliphatic heterocycles. The standard InChI is InChI=1S/C26H22O7/c1-15-12-19(32-26(28)16-8-10-18(29-2)11-9-16)14-21-23(15)24(27)22(33-21)13-17-6-5-7-20(30-3)25(17)31-4/h5-14H,1-4H3/b22-13-. The van der Waals surface area contributed by atoms with Crippen molar-refractivity contribution in [2.45, 2.75) is 6.92 Å². The topological polar surface area (TPSA) is 80.3 Å². The van der Waals surface area contributed by atoms with E-state index < -0.39 is 5.97 Å². The minimum atomic E-state index is -0.529. The number of carbonyl (C=O) groups is 2. The van der Waals surface area contributed by atoms with Crippen LogP contribution in [0.25, 0.3) is 6.08 Å². The van der Waals surface area contributed by atoms with E-state index in [2.05, 4.69) is 0 Å². The highest BCUT2D eigenvalue weighted by atomic mass is 16.5. The number of fused-ring (bicyclic) bond motifs is 1. The molecule has 1 heterocycles. The maximum atomic E-state index is 13.0. The van der Waals surface area contributed by atoms with Gasteiger partial charge in [-0.2, -0.15) is 0 Å². The molecule has 0 fully saturated rings. The number of hydrogen-bond acceptors (Lipinski definition) is 7. The molecule has 168 valence electrons. The fourth-order valence-electron chi connectivity index (χ4n) is 3.60. The van der Waals surface area contributed by atoms with Gasteiger partial charge < -0.3 is 23.7 Å². The number of methoxy groups -OCH3 is 3. The van der Waals surface area contributed by atoms with E-state index in [-0.39, 0.29) is 17.3 Å². The minimum Gasteiger partial charge on any atom is -0.497 e. The van der Waals surface area contributed by atoms with Gasteiger partial charge in [0.2, 0.25) is 5.78 Å². The zero-order chi connectivity index (χ0) is 23.5. The normalized spacial score (nSPS) is 13.3. The highest BCUT2D eigenvalue weighted by Crippen LogP contribution is 2.39. The summed E-state index contributed by atoms with van der Waals surface area (Å²) in [5.41, 5.74) is 2.07. The zero-order valence-corrected chi connectivity index (χ0v) is 18.6. The van der Waals surface area contributed by atoms with Crippen LogP contribution in [0.5, 0.6) is 28.7 Å². The van der Waals surface area contributed by atoms with Gasteiger partial charge in [-0.25, -0.2) is 4.79 Å². The van der Waals surface area contributed by atoms with Gasteiger partial charge in [0.05, 0.1) is 32.5 Å². The van der Waals surface area contributed by atoms with E-state index in [4.69, 9.17) is 23.7 Å². The number of rotatable bonds is 6. The molecule has 3 aromatic carbocycles. The van der Waals surface area contributed by atoms with Gasteiger partial charge in [0.15, 0.2) is 17.3 Å². The molecule has 0 aromatic heterocycles. The van der Waals surface area contributed by atoms with Crippen molar-refractivity contribution < 1.29 is 33.3 Å². The Balaban J connectivity index is 1.61. The number of esters is 1. The predicted molar refractivity (Wildman–Crippen MR) is 122 cm³/mol. The third kappa shape index (κ3) is 4.25. The Labute approximate surface area is 191 Å². The van der Waals surface area contributed by atoms with E-state index in [1.807, 2.05) is 0 Å². The molecule has 1 aliphatic rings. The average molecular weight is 446 g/mol. The monoisotopic (exact) mass is 446 g/mol. The Kier molecular flexibility index (Phi) is 6.04. The molecule has 4 rings (SSSR count). The van der Waals surface area contributed by atoms with Gasteiger partial charge in [-0.05, 0) is 55.0 Å². The van der Waals surface area contributed by atoms with Crippen LogP contribution in [0.4, 0.5) is 0 Å². The van der Waals surface area contributed by atoms with Crippen molar-refractivity contribution in [1.82, 2.24) is 0 Å². The van der Waals surface area contributed by atoms with E-state index >= 15 is 0 Å².